The van der Waals surface area contributed by atoms with Crippen molar-refractivity contribution in [2.45, 2.75) is 0 Å². The summed E-state index contributed by atoms with van der Waals surface area (Å²) in [6.07, 6.45) is 0. The molecule has 15 heavy (non-hydrogen) atoms. The quantitative estimate of drug-likeness (QED) is 0.564. The number of benzene rings is 2. The Morgan fingerprint density at radius 3 is 1.47 bits per heavy atom. The molecule has 2 aromatic rings. The summed E-state index contributed by atoms with van der Waals surface area (Å²) in [5.41, 5.74) is 4.80. The van der Waals surface area contributed by atoms with E-state index in [0.29, 0.717) is 0 Å². The molecule has 2 heteroatoms. The Morgan fingerprint density at radius 1 is 0.733 bits per heavy atom. The maximum atomic E-state index is 4.91. The summed E-state index contributed by atoms with van der Waals surface area (Å²) in [5, 5.41) is 0. The number of hydrogen-bond acceptors (Lipinski definition) is 1. The number of anilines is 2. The fourth-order valence-corrected chi connectivity index (χ4v) is 1.62. The van der Waals surface area contributed by atoms with Crippen molar-refractivity contribution in [1.82, 2.24) is 0 Å². The molecule has 0 saturated carbocycles. The van der Waals surface area contributed by atoms with Gasteiger partial charge in [-0.15, -0.1) is 0 Å². The average molecular weight is 212 g/mol. The van der Waals surface area contributed by atoms with E-state index in [9.17, 15) is 0 Å². The van der Waals surface area contributed by atoms with Crippen LogP contribution in [0, 0.1) is 0 Å². The molecule has 0 N–H and O–H groups in total. The highest BCUT2D eigenvalue weighted by Crippen LogP contribution is 2.22. The highest BCUT2D eigenvalue weighted by atomic mass is 32.1. The first-order valence-electron chi connectivity index (χ1n) is 4.70. The van der Waals surface area contributed by atoms with Gasteiger partial charge in [-0.1, -0.05) is 48.6 Å². The van der Waals surface area contributed by atoms with E-state index >= 15 is 0 Å². The van der Waals surface area contributed by atoms with Crippen molar-refractivity contribution in [1.29, 1.82) is 0 Å². The number of para-hydroxylation sites is 2. The zero-order valence-corrected chi connectivity index (χ0v) is 8.95. The first kappa shape index (κ1) is 9.87. The number of hydrogen-bond donors (Lipinski definition) is 0. The van der Waals surface area contributed by atoms with E-state index in [0.717, 1.165) is 11.4 Å². The molecule has 0 amide bonds. The van der Waals surface area contributed by atoms with Crippen molar-refractivity contribution >= 4 is 29.1 Å². The maximum Gasteiger partial charge on any atom is 0.146 e. The summed E-state index contributed by atoms with van der Waals surface area (Å²) >= 11 is 4.91. The molecule has 0 aliphatic heterocycles. The van der Waals surface area contributed by atoms with Crippen LogP contribution in [-0.4, -0.2) is 5.49 Å². The zero-order chi connectivity index (χ0) is 10.5. The van der Waals surface area contributed by atoms with E-state index in [4.69, 9.17) is 12.2 Å². The molecule has 1 nitrogen and oxygen atoms in total. The van der Waals surface area contributed by atoms with Crippen LogP contribution in [0.2, 0.25) is 0 Å². The second kappa shape index (κ2) is 4.71. The Morgan fingerprint density at radius 2 is 1.13 bits per heavy atom. The molecule has 0 aliphatic carbocycles. The van der Waals surface area contributed by atoms with E-state index in [2.05, 4.69) is 5.49 Å². The van der Waals surface area contributed by atoms with Gasteiger partial charge >= 0.3 is 0 Å². The lowest BCUT2D eigenvalue weighted by Crippen LogP contribution is -2.12. The Labute approximate surface area is 95.0 Å². The average Bonchev–Trinajstić information content (AvgIpc) is 2.33. The minimum atomic E-state index is 1.03. The minimum absolute atomic E-state index is 1.03. The molecule has 0 heterocycles. The van der Waals surface area contributed by atoms with Gasteiger partial charge in [-0.2, -0.15) is 0 Å². The van der Waals surface area contributed by atoms with E-state index in [1.165, 1.54) is 0 Å². The third-order valence-corrected chi connectivity index (χ3v) is 2.30. The number of nitrogens with zero attached hydrogens (tertiary/aromatic N) is 1. The highest BCUT2D eigenvalue weighted by molar-refractivity contribution is 7.79. The molecule has 2 aromatic carbocycles. The fourth-order valence-electron chi connectivity index (χ4n) is 1.41. The molecule has 1 radical (unpaired) electrons. The highest BCUT2D eigenvalue weighted by Gasteiger charge is 2.04. The van der Waals surface area contributed by atoms with Gasteiger partial charge in [-0.25, -0.2) is 0 Å². The molecule has 2 rings (SSSR count). The molecule has 0 unspecified atom stereocenters. The third-order valence-electron chi connectivity index (χ3n) is 2.12. The molecule has 73 valence electrons. The summed E-state index contributed by atoms with van der Waals surface area (Å²) in [4.78, 5) is 1.86. The van der Waals surface area contributed by atoms with Crippen LogP contribution in [0.4, 0.5) is 11.4 Å². The summed E-state index contributed by atoms with van der Waals surface area (Å²) < 4.78 is 0. The molecule has 0 fully saturated rings. The lowest BCUT2D eigenvalue weighted by molar-refractivity contribution is 1.39. The molecule has 0 aromatic heterocycles. The van der Waals surface area contributed by atoms with Crippen LogP contribution >= 0.6 is 12.2 Å². The summed E-state index contributed by atoms with van der Waals surface area (Å²) in [6.45, 7) is 0. The van der Waals surface area contributed by atoms with Crippen LogP contribution in [0.3, 0.4) is 0 Å². The van der Waals surface area contributed by atoms with E-state index < -0.39 is 0 Å². The summed E-state index contributed by atoms with van der Waals surface area (Å²) in [6, 6.07) is 19.9. The first-order valence-corrected chi connectivity index (χ1v) is 5.10. The van der Waals surface area contributed by atoms with Crippen LogP contribution in [0.25, 0.3) is 0 Å². The van der Waals surface area contributed by atoms with Gasteiger partial charge in [-0.3, -0.25) is 4.90 Å². The Hall–Kier alpha value is -1.67. The van der Waals surface area contributed by atoms with Crippen molar-refractivity contribution in [3.63, 3.8) is 0 Å². The Kier molecular flexibility index (Phi) is 3.10. The van der Waals surface area contributed by atoms with Crippen molar-refractivity contribution in [2.24, 2.45) is 0 Å². The van der Waals surface area contributed by atoms with Crippen LogP contribution in [-0.2, 0) is 0 Å². The molecule has 0 spiro atoms. The number of thiocarbonyl (C=S) groups is 1. The second-order valence-corrected chi connectivity index (χ2v) is 3.28. The SMILES string of the molecule is S=[C]N(c1ccccc1)c1ccccc1. The van der Waals surface area contributed by atoms with Crippen LogP contribution in [0.1, 0.15) is 0 Å². The van der Waals surface area contributed by atoms with Crippen molar-refractivity contribution in [2.75, 3.05) is 4.90 Å². The smallest absolute Gasteiger partial charge is 0.146 e. The standard InChI is InChI=1S/C13H10NS/c15-11-14(12-7-3-1-4-8-12)13-9-5-2-6-10-13/h1-10H. The van der Waals surface area contributed by atoms with E-state index in [1.807, 2.05) is 65.6 Å². The minimum Gasteiger partial charge on any atom is -0.299 e. The first-order chi connectivity index (χ1) is 7.42. The van der Waals surface area contributed by atoms with Crippen molar-refractivity contribution in [3.8, 4) is 0 Å². The fraction of sp³-hybridized carbons (Fsp3) is 0. The van der Waals surface area contributed by atoms with Crippen LogP contribution < -0.4 is 4.90 Å². The largest absolute Gasteiger partial charge is 0.299 e. The van der Waals surface area contributed by atoms with Gasteiger partial charge in [-0.05, 0) is 24.3 Å². The van der Waals surface area contributed by atoms with Crippen LogP contribution in [0.15, 0.2) is 60.7 Å². The van der Waals surface area contributed by atoms with E-state index in [1.54, 1.807) is 0 Å². The third kappa shape index (κ3) is 2.22. The maximum absolute atomic E-state index is 4.91. The van der Waals surface area contributed by atoms with E-state index in [-0.39, 0.29) is 0 Å². The van der Waals surface area contributed by atoms with Gasteiger partial charge in [0.25, 0.3) is 0 Å². The lowest BCUT2D eigenvalue weighted by Gasteiger charge is -2.17. The van der Waals surface area contributed by atoms with Crippen molar-refractivity contribution in [3.05, 3.63) is 60.7 Å². The molecule has 0 atom stereocenters. The predicted molar refractivity (Wildman–Crippen MR) is 67.6 cm³/mol. The Balaban J connectivity index is 2.38. The predicted octanol–water partition coefficient (Wildman–Crippen LogP) is 3.66. The monoisotopic (exact) mass is 212 g/mol. The zero-order valence-electron chi connectivity index (χ0n) is 8.13. The lowest BCUT2D eigenvalue weighted by atomic mass is 10.2. The van der Waals surface area contributed by atoms with Gasteiger partial charge in [0, 0.05) is 11.4 Å². The molecule has 0 bridgehead atoms. The van der Waals surface area contributed by atoms with Gasteiger partial charge in [0.05, 0.1) is 0 Å². The van der Waals surface area contributed by atoms with Gasteiger partial charge in [0.2, 0.25) is 0 Å². The molecular weight excluding hydrogens is 202 g/mol. The topological polar surface area (TPSA) is 3.24 Å². The summed E-state index contributed by atoms with van der Waals surface area (Å²) in [7, 11) is 0. The summed E-state index contributed by atoms with van der Waals surface area (Å²) in [5.74, 6) is 0. The van der Waals surface area contributed by atoms with Crippen LogP contribution in [0.5, 0.6) is 0 Å². The van der Waals surface area contributed by atoms with Gasteiger partial charge < -0.3 is 0 Å². The number of rotatable bonds is 3. The van der Waals surface area contributed by atoms with Gasteiger partial charge in [0.1, 0.15) is 5.49 Å². The molecule has 0 aliphatic rings. The molecule has 0 saturated heterocycles. The normalized spacial score (nSPS) is 9.60. The van der Waals surface area contributed by atoms with Crippen molar-refractivity contribution < 1.29 is 0 Å². The Bertz CT molecular complexity index is 385. The van der Waals surface area contributed by atoms with Gasteiger partial charge in [0.15, 0.2) is 0 Å². The molecular formula is C13H10NS. The second-order valence-electron chi connectivity index (χ2n) is 3.10.